The molecule has 4 heteroatoms. The van der Waals surface area contributed by atoms with Crippen molar-refractivity contribution in [2.24, 2.45) is 0 Å². The molecule has 1 heterocycles. The molecule has 0 N–H and O–H groups in total. The summed E-state index contributed by atoms with van der Waals surface area (Å²) in [5.41, 5.74) is 0.693. The van der Waals surface area contributed by atoms with E-state index in [0.29, 0.717) is 16.0 Å². The molecule has 1 aliphatic rings. The maximum Gasteiger partial charge on any atom is 0.248 e. The highest BCUT2D eigenvalue weighted by molar-refractivity contribution is 6.35. The molecule has 0 aliphatic carbocycles. The predicted octanol–water partition coefficient (Wildman–Crippen LogP) is 0.497. The second kappa shape index (κ2) is 3.43. The van der Waals surface area contributed by atoms with Crippen molar-refractivity contribution in [1.29, 1.82) is 0 Å². The van der Waals surface area contributed by atoms with Crippen LogP contribution in [0.5, 0.6) is 0 Å². The van der Waals surface area contributed by atoms with Crippen LogP contribution in [0.1, 0.15) is 6.92 Å². The Labute approximate surface area is 77.8 Å². The summed E-state index contributed by atoms with van der Waals surface area (Å²) in [4.78, 5) is 23.0. The van der Waals surface area contributed by atoms with Gasteiger partial charge in [-0.25, -0.2) is 0 Å². The second-order valence-electron chi connectivity index (χ2n) is 2.61. The Balaban J connectivity index is 3.07. The number of allylic oxidation sites excluding steroid dienone is 2. The Kier molecular flexibility index (Phi) is 2.51. The molecule has 0 aromatic heterocycles. The zero-order valence-electron chi connectivity index (χ0n) is 7.28. The van der Waals surface area contributed by atoms with E-state index in [4.69, 9.17) is 7.98 Å². The average molecular weight is 173 g/mol. The van der Waals surface area contributed by atoms with Gasteiger partial charge in [-0.05, 0) is 13.0 Å². The summed E-state index contributed by atoms with van der Waals surface area (Å²) in [6, 6.07) is 0. The van der Waals surface area contributed by atoms with Crippen LogP contribution in [0.4, 0.5) is 0 Å². The van der Waals surface area contributed by atoms with Crippen LogP contribution >= 0.6 is 0 Å². The molecule has 0 bridgehead atoms. The lowest BCUT2D eigenvalue weighted by molar-refractivity contribution is -0.131. The minimum Gasteiger partial charge on any atom is -0.333 e. The predicted molar refractivity (Wildman–Crippen MR) is 49.6 cm³/mol. The van der Waals surface area contributed by atoms with Crippen LogP contribution < -0.4 is 0 Å². The lowest BCUT2D eigenvalue weighted by Crippen LogP contribution is -2.28. The maximum atomic E-state index is 11.3. The highest BCUT2D eigenvalue weighted by Crippen LogP contribution is 2.19. The largest absolute Gasteiger partial charge is 0.333 e. The monoisotopic (exact) mass is 173 g/mol. The first-order valence-corrected chi connectivity index (χ1v) is 3.73. The molecule has 0 spiro atoms. The van der Waals surface area contributed by atoms with Gasteiger partial charge in [0.15, 0.2) is 0 Å². The number of carbonyl (C=O) groups excluding carboxylic acids is 2. The molecular weight excluding hydrogens is 165 g/mol. The lowest BCUT2D eigenvalue weighted by Gasteiger charge is -2.05. The third-order valence-corrected chi connectivity index (χ3v) is 1.79. The van der Waals surface area contributed by atoms with E-state index >= 15 is 0 Å². The molecule has 1 rings (SSSR count). The summed E-state index contributed by atoms with van der Waals surface area (Å²) in [5, 5.41) is 0. The van der Waals surface area contributed by atoms with E-state index in [1.54, 1.807) is 13.0 Å². The van der Waals surface area contributed by atoms with E-state index in [9.17, 15) is 9.59 Å². The summed E-state index contributed by atoms with van der Waals surface area (Å²) in [7, 11) is 5.21. The molecular formula is C9H8BNO2. The zero-order valence-corrected chi connectivity index (χ0v) is 7.28. The molecule has 0 fully saturated rings. The van der Waals surface area contributed by atoms with E-state index in [1.165, 1.54) is 12.2 Å². The van der Waals surface area contributed by atoms with Gasteiger partial charge in [0.05, 0.1) is 0 Å². The lowest BCUT2D eigenvalue weighted by atomic mass is 10.1. The van der Waals surface area contributed by atoms with Gasteiger partial charge in [-0.15, -0.1) is 0 Å². The molecule has 0 aromatic rings. The van der Waals surface area contributed by atoms with Crippen LogP contribution in [0.3, 0.4) is 0 Å². The first-order chi connectivity index (χ1) is 6.09. The van der Waals surface area contributed by atoms with E-state index in [0.717, 1.165) is 0 Å². The molecule has 2 amide bonds. The summed E-state index contributed by atoms with van der Waals surface area (Å²) in [5.74, 6) is -0.922. The SMILES string of the molecule is [B]N1C(=O)C(C)=C(/C=C\C=C)C1=O. The minimum atomic E-state index is -0.472. The van der Waals surface area contributed by atoms with Gasteiger partial charge in [0.25, 0.3) is 0 Å². The molecule has 0 saturated carbocycles. The number of nitrogens with zero attached hydrogens (tertiary/aromatic N) is 1. The quantitative estimate of drug-likeness (QED) is 0.346. The van der Waals surface area contributed by atoms with Crippen LogP contribution in [0.15, 0.2) is 36.0 Å². The smallest absolute Gasteiger partial charge is 0.248 e. The molecule has 64 valence electrons. The topological polar surface area (TPSA) is 37.4 Å². The number of rotatable bonds is 2. The molecule has 3 nitrogen and oxygen atoms in total. The number of hydrogen-bond donors (Lipinski definition) is 0. The average Bonchev–Trinajstić information content (AvgIpc) is 2.30. The zero-order chi connectivity index (χ0) is 10.0. The Morgan fingerprint density at radius 2 is 2.00 bits per heavy atom. The van der Waals surface area contributed by atoms with Crippen molar-refractivity contribution in [1.82, 2.24) is 4.81 Å². The number of imide groups is 1. The van der Waals surface area contributed by atoms with Crippen molar-refractivity contribution in [3.63, 3.8) is 0 Å². The molecule has 1 aliphatic heterocycles. The first kappa shape index (κ1) is 9.51. The second-order valence-corrected chi connectivity index (χ2v) is 2.61. The highest BCUT2D eigenvalue weighted by atomic mass is 16.2. The highest BCUT2D eigenvalue weighted by Gasteiger charge is 2.30. The van der Waals surface area contributed by atoms with Crippen LogP contribution in [0.25, 0.3) is 0 Å². The summed E-state index contributed by atoms with van der Waals surface area (Å²) in [6.45, 7) is 5.02. The van der Waals surface area contributed by atoms with Crippen LogP contribution in [0.2, 0.25) is 0 Å². The van der Waals surface area contributed by atoms with Gasteiger partial charge in [-0.2, -0.15) is 0 Å². The third-order valence-electron chi connectivity index (χ3n) is 1.79. The van der Waals surface area contributed by atoms with Crippen molar-refractivity contribution >= 4 is 19.8 Å². The Morgan fingerprint density at radius 1 is 1.38 bits per heavy atom. The van der Waals surface area contributed by atoms with Gasteiger partial charge >= 0.3 is 0 Å². The maximum absolute atomic E-state index is 11.3. The fraction of sp³-hybridized carbons (Fsp3) is 0.111. The fourth-order valence-electron chi connectivity index (χ4n) is 1.04. The van der Waals surface area contributed by atoms with E-state index in [1.807, 2.05) is 0 Å². The van der Waals surface area contributed by atoms with Gasteiger partial charge in [0.2, 0.25) is 19.8 Å². The molecule has 0 unspecified atom stereocenters. The van der Waals surface area contributed by atoms with Crippen molar-refractivity contribution in [3.8, 4) is 0 Å². The molecule has 2 radical (unpaired) electrons. The number of amides is 2. The Bertz CT molecular complexity index is 342. The van der Waals surface area contributed by atoms with Gasteiger partial charge in [-0.3, -0.25) is 9.59 Å². The fourth-order valence-corrected chi connectivity index (χ4v) is 1.04. The number of hydrogen-bond acceptors (Lipinski definition) is 2. The van der Waals surface area contributed by atoms with Crippen LogP contribution in [-0.4, -0.2) is 24.6 Å². The normalized spacial score (nSPS) is 17.8. The molecule has 13 heavy (non-hydrogen) atoms. The van der Waals surface area contributed by atoms with Crippen LogP contribution in [0, 0.1) is 0 Å². The molecule has 0 saturated heterocycles. The Morgan fingerprint density at radius 3 is 2.38 bits per heavy atom. The first-order valence-electron chi connectivity index (χ1n) is 3.73. The van der Waals surface area contributed by atoms with Crippen LogP contribution in [-0.2, 0) is 9.59 Å². The molecule has 0 atom stereocenters. The molecule has 0 aromatic carbocycles. The van der Waals surface area contributed by atoms with E-state index < -0.39 is 11.8 Å². The van der Waals surface area contributed by atoms with Crippen molar-refractivity contribution < 1.29 is 9.59 Å². The summed E-state index contributed by atoms with van der Waals surface area (Å²) in [6.07, 6.45) is 4.63. The van der Waals surface area contributed by atoms with Gasteiger partial charge in [0.1, 0.15) is 0 Å². The third kappa shape index (κ3) is 1.47. The summed E-state index contributed by atoms with van der Waals surface area (Å²) < 4.78 is 0. The van der Waals surface area contributed by atoms with Gasteiger partial charge < -0.3 is 4.81 Å². The van der Waals surface area contributed by atoms with Crippen molar-refractivity contribution in [2.75, 3.05) is 0 Å². The Hall–Kier alpha value is -1.58. The van der Waals surface area contributed by atoms with Gasteiger partial charge in [0, 0.05) is 11.1 Å². The van der Waals surface area contributed by atoms with E-state index in [-0.39, 0.29) is 0 Å². The summed E-state index contributed by atoms with van der Waals surface area (Å²) >= 11 is 0. The number of carbonyl (C=O) groups is 2. The van der Waals surface area contributed by atoms with Crippen molar-refractivity contribution in [2.45, 2.75) is 6.92 Å². The van der Waals surface area contributed by atoms with Gasteiger partial charge in [-0.1, -0.05) is 18.7 Å². The minimum absolute atomic E-state index is 0.326. The van der Waals surface area contributed by atoms with E-state index in [2.05, 4.69) is 6.58 Å². The standard InChI is InChI=1S/C9H8BNO2/c1-3-4-5-7-6(2)8(12)11(10)9(7)13/h3-5H,1H2,2H3/b5-4-. The van der Waals surface area contributed by atoms with Crippen molar-refractivity contribution in [3.05, 3.63) is 36.0 Å².